The summed E-state index contributed by atoms with van der Waals surface area (Å²) in [5, 5.41) is 2.93. The maximum Gasteiger partial charge on any atom is 0.253 e. The number of nitrogens with zero attached hydrogens (tertiary/aromatic N) is 1. The van der Waals surface area contributed by atoms with E-state index in [1.54, 1.807) is 31.4 Å². The summed E-state index contributed by atoms with van der Waals surface area (Å²) in [6.07, 6.45) is 2.56. The third-order valence-corrected chi connectivity index (χ3v) is 4.50. The van der Waals surface area contributed by atoms with E-state index in [-0.39, 0.29) is 11.8 Å². The van der Waals surface area contributed by atoms with Gasteiger partial charge < -0.3 is 15.0 Å². The number of rotatable bonds is 10. The number of carbonyl (C=O) groups excluding carboxylic acids is 2. The first-order valence-electron chi connectivity index (χ1n) is 9.89. The average Bonchev–Trinajstić information content (AvgIpc) is 2.73. The Morgan fingerprint density at radius 3 is 2.21 bits per heavy atom. The molecular weight excluding hydrogens is 352 g/mol. The lowest BCUT2D eigenvalue weighted by Gasteiger charge is -2.21. The van der Waals surface area contributed by atoms with Gasteiger partial charge >= 0.3 is 0 Å². The highest BCUT2D eigenvalue weighted by molar-refractivity contribution is 5.99. The second kappa shape index (κ2) is 11.1. The maximum absolute atomic E-state index is 12.7. The van der Waals surface area contributed by atoms with E-state index in [0.29, 0.717) is 17.7 Å². The topological polar surface area (TPSA) is 58.6 Å². The molecule has 0 heterocycles. The van der Waals surface area contributed by atoms with Crippen LogP contribution in [0.4, 0.5) is 0 Å². The molecule has 0 bridgehead atoms. The van der Waals surface area contributed by atoms with Gasteiger partial charge in [0.05, 0.1) is 7.11 Å². The van der Waals surface area contributed by atoms with Crippen molar-refractivity contribution in [2.75, 3.05) is 26.7 Å². The molecule has 5 heteroatoms. The Kier molecular flexibility index (Phi) is 8.53. The molecule has 2 aromatic carbocycles. The van der Waals surface area contributed by atoms with Crippen molar-refractivity contribution in [1.29, 1.82) is 0 Å². The van der Waals surface area contributed by atoms with Crippen molar-refractivity contribution in [3.63, 3.8) is 0 Å². The first kappa shape index (κ1) is 21.5. The molecule has 0 aliphatic heterocycles. The predicted octanol–water partition coefficient (Wildman–Crippen LogP) is 3.93. The molecular formula is C23H30N2O3. The molecule has 1 N–H and O–H groups in total. The van der Waals surface area contributed by atoms with Crippen LogP contribution in [0.25, 0.3) is 0 Å². The van der Waals surface area contributed by atoms with E-state index < -0.39 is 0 Å². The average molecular weight is 383 g/mol. The highest BCUT2D eigenvalue weighted by atomic mass is 16.5. The van der Waals surface area contributed by atoms with Gasteiger partial charge in [-0.2, -0.15) is 0 Å². The summed E-state index contributed by atoms with van der Waals surface area (Å²) in [5.41, 5.74) is 2.19. The number of amides is 2. The largest absolute Gasteiger partial charge is 0.497 e. The van der Waals surface area contributed by atoms with Crippen LogP contribution in [0, 0.1) is 0 Å². The second-order valence-electron chi connectivity index (χ2n) is 6.73. The number of ether oxygens (including phenoxy) is 1. The van der Waals surface area contributed by atoms with Crippen molar-refractivity contribution in [3.05, 3.63) is 65.2 Å². The number of nitrogens with one attached hydrogen (secondary N) is 1. The molecule has 0 aromatic heterocycles. The minimum absolute atomic E-state index is 0.0171. The zero-order valence-electron chi connectivity index (χ0n) is 17.0. The van der Waals surface area contributed by atoms with Gasteiger partial charge in [0.2, 0.25) is 0 Å². The molecule has 0 radical (unpaired) electrons. The Morgan fingerprint density at radius 1 is 0.964 bits per heavy atom. The van der Waals surface area contributed by atoms with Gasteiger partial charge in [-0.15, -0.1) is 0 Å². The van der Waals surface area contributed by atoms with Crippen molar-refractivity contribution in [1.82, 2.24) is 10.2 Å². The standard InChI is InChI=1S/C23H30N2O3/c1-4-15-25(16-5-2)23(27)20-8-6-7-19(17-20)22(26)24-14-13-18-9-11-21(28-3)12-10-18/h6-12,17H,4-5,13-16H2,1-3H3,(H,24,26). The molecule has 0 spiro atoms. The smallest absolute Gasteiger partial charge is 0.253 e. The first-order chi connectivity index (χ1) is 13.6. The van der Waals surface area contributed by atoms with Crippen molar-refractivity contribution in [3.8, 4) is 5.75 Å². The van der Waals surface area contributed by atoms with Crippen LogP contribution in [0.5, 0.6) is 5.75 Å². The number of benzene rings is 2. The van der Waals surface area contributed by atoms with Crippen LogP contribution in [0.15, 0.2) is 48.5 Å². The van der Waals surface area contributed by atoms with Gasteiger partial charge in [0.15, 0.2) is 0 Å². The highest BCUT2D eigenvalue weighted by Crippen LogP contribution is 2.12. The minimum atomic E-state index is -0.166. The lowest BCUT2D eigenvalue weighted by molar-refractivity contribution is 0.0755. The van der Waals surface area contributed by atoms with Crippen molar-refractivity contribution in [2.45, 2.75) is 33.1 Å². The summed E-state index contributed by atoms with van der Waals surface area (Å²) in [6.45, 7) is 6.10. The molecule has 2 rings (SSSR count). The van der Waals surface area contributed by atoms with E-state index in [9.17, 15) is 9.59 Å². The quantitative estimate of drug-likeness (QED) is 0.677. The van der Waals surface area contributed by atoms with Gasteiger partial charge in [0, 0.05) is 30.8 Å². The second-order valence-corrected chi connectivity index (χ2v) is 6.73. The van der Waals surface area contributed by atoms with Crippen molar-refractivity contribution >= 4 is 11.8 Å². The molecule has 0 atom stereocenters. The Labute approximate surface area is 167 Å². The molecule has 0 fully saturated rings. The van der Waals surface area contributed by atoms with Crippen LogP contribution < -0.4 is 10.1 Å². The fourth-order valence-corrected chi connectivity index (χ4v) is 3.05. The Balaban J connectivity index is 1.95. The summed E-state index contributed by atoms with van der Waals surface area (Å²) < 4.78 is 5.15. The fourth-order valence-electron chi connectivity index (χ4n) is 3.05. The van der Waals surface area contributed by atoms with Crippen LogP contribution in [0.2, 0.25) is 0 Å². The van der Waals surface area contributed by atoms with Crippen molar-refractivity contribution in [2.24, 2.45) is 0 Å². The molecule has 0 aliphatic carbocycles. The highest BCUT2D eigenvalue weighted by Gasteiger charge is 2.16. The van der Waals surface area contributed by atoms with E-state index in [2.05, 4.69) is 19.2 Å². The van der Waals surface area contributed by atoms with Crippen LogP contribution in [-0.2, 0) is 6.42 Å². The van der Waals surface area contributed by atoms with Gasteiger partial charge in [-0.05, 0) is 55.2 Å². The van der Waals surface area contributed by atoms with E-state index in [4.69, 9.17) is 4.74 Å². The summed E-state index contributed by atoms with van der Waals surface area (Å²) in [6, 6.07) is 14.7. The SMILES string of the molecule is CCCN(CCC)C(=O)c1cccc(C(=O)NCCc2ccc(OC)cc2)c1. The van der Waals surface area contributed by atoms with Crippen LogP contribution in [0.3, 0.4) is 0 Å². The normalized spacial score (nSPS) is 10.4. The zero-order chi connectivity index (χ0) is 20.4. The van der Waals surface area contributed by atoms with Gasteiger partial charge in [0.25, 0.3) is 11.8 Å². The number of carbonyl (C=O) groups is 2. The molecule has 150 valence electrons. The van der Waals surface area contributed by atoms with Gasteiger partial charge in [-0.1, -0.05) is 32.0 Å². The monoisotopic (exact) mass is 382 g/mol. The lowest BCUT2D eigenvalue weighted by atomic mass is 10.1. The van der Waals surface area contributed by atoms with E-state index in [1.165, 1.54) is 0 Å². The van der Waals surface area contributed by atoms with Crippen LogP contribution >= 0.6 is 0 Å². The summed E-state index contributed by atoms with van der Waals surface area (Å²) >= 11 is 0. The molecule has 5 nitrogen and oxygen atoms in total. The lowest BCUT2D eigenvalue weighted by Crippen LogP contribution is -2.33. The third-order valence-electron chi connectivity index (χ3n) is 4.50. The Hall–Kier alpha value is -2.82. The number of hydrogen-bond donors (Lipinski definition) is 1. The van der Waals surface area contributed by atoms with E-state index >= 15 is 0 Å². The van der Waals surface area contributed by atoms with Gasteiger partial charge in [-0.3, -0.25) is 9.59 Å². The maximum atomic E-state index is 12.7. The zero-order valence-corrected chi connectivity index (χ0v) is 17.0. The number of hydrogen-bond acceptors (Lipinski definition) is 3. The Bertz CT molecular complexity index is 766. The van der Waals surface area contributed by atoms with Gasteiger partial charge in [0.1, 0.15) is 5.75 Å². The summed E-state index contributed by atoms with van der Waals surface area (Å²) in [7, 11) is 1.64. The van der Waals surface area contributed by atoms with Crippen LogP contribution in [0.1, 0.15) is 53.0 Å². The number of methoxy groups -OCH3 is 1. The molecule has 2 amide bonds. The molecule has 0 saturated carbocycles. The molecule has 0 unspecified atom stereocenters. The van der Waals surface area contributed by atoms with Gasteiger partial charge in [-0.25, -0.2) is 0 Å². The molecule has 0 aliphatic rings. The van der Waals surface area contributed by atoms with Crippen molar-refractivity contribution < 1.29 is 14.3 Å². The fraction of sp³-hybridized carbons (Fsp3) is 0.391. The molecule has 0 saturated heterocycles. The summed E-state index contributed by atoms with van der Waals surface area (Å²) in [4.78, 5) is 27.1. The molecule has 28 heavy (non-hydrogen) atoms. The van der Waals surface area contributed by atoms with E-state index in [1.807, 2.05) is 29.2 Å². The summed E-state index contributed by atoms with van der Waals surface area (Å²) in [5.74, 6) is 0.631. The molecule has 2 aromatic rings. The third kappa shape index (κ3) is 6.12. The Morgan fingerprint density at radius 2 is 1.61 bits per heavy atom. The van der Waals surface area contributed by atoms with Crippen LogP contribution in [-0.4, -0.2) is 43.5 Å². The van der Waals surface area contributed by atoms with E-state index in [0.717, 1.165) is 43.7 Å². The first-order valence-corrected chi connectivity index (χ1v) is 9.89. The predicted molar refractivity (Wildman–Crippen MR) is 112 cm³/mol. The minimum Gasteiger partial charge on any atom is -0.497 e.